The first-order valence-corrected chi connectivity index (χ1v) is 9.67. The average molecular weight is 324 g/mol. The summed E-state index contributed by atoms with van der Waals surface area (Å²) in [6.07, 6.45) is 0. The third-order valence-corrected chi connectivity index (χ3v) is 6.45. The van der Waals surface area contributed by atoms with Crippen LogP contribution in [0, 0.1) is 0 Å². The molecule has 2 rings (SSSR count). The van der Waals surface area contributed by atoms with Crippen molar-refractivity contribution in [2.24, 2.45) is 0 Å². The summed E-state index contributed by atoms with van der Waals surface area (Å²) in [5.41, 5.74) is 2.36. The van der Waals surface area contributed by atoms with Crippen LogP contribution >= 0.6 is 0 Å². The molecule has 1 aliphatic heterocycles. The minimum Gasteiger partial charge on any atom is -0.379 e. The summed E-state index contributed by atoms with van der Waals surface area (Å²) in [5, 5.41) is 0. The molecule has 1 heterocycles. The van der Waals surface area contributed by atoms with Gasteiger partial charge in [0.1, 0.15) is 0 Å². The summed E-state index contributed by atoms with van der Waals surface area (Å²) in [7, 11) is -2.46. The zero-order valence-electron chi connectivity index (χ0n) is 14.5. The van der Waals surface area contributed by atoms with Crippen LogP contribution in [0.5, 0.6) is 0 Å². The van der Waals surface area contributed by atoms with Crippen LogP contribution in [0.15, 0.2) is 23.1 Å². The van der Waals surface area contributed by atoms with E-state index < -0.39 is 9.71 Å². The Labute approximate surface area is 135 Å². The summed E-state index contributed by atoms with van der Waals surface area (Å²) >= 11 is 0. The van der Waals surface area contributed by atoms with E-state index in [9.17, 15) is 4.21 Å². The van der Waals surface area contributed by atoms with Gasteiger partial charge in [-0.2, -0.15) is 0 Å². The molecule has 1 aromatic carbocycles. The van der Waals surface area contributed by atoms with Crippen molar-refractivity contribution in [3.05, 3.63) is 29.3 Å². The third kappa shape index (κ3) is 3.55. The second kappa shape index (κ2) is 6.34. The van der Waals surface area contributed by atoms with E-state index in [1.807, 2.05) is 10.4 Å². The molecule has 3 nitrogen and oxygen atoms in total. The van der Waals surface area contributed by atoms with Crippen molar-refractivity contribution in [3.8, 4) is 0 Å². The van der Waals surface area contributed by atoms with E-state index in [0.717, 1.165) is 10.5 Å². The Kier molecular flexibility index (Phi) is 5.05. The van der Waals surface area contributed by atoms with Gasteiger partial charge in [-0.05, 0) is 34.4 Å². The van der Waals surface area contributed by atoms with E-state index in [0.29, 0.717) is 32.2 Å². The standard InChI is InChI=1S/C18H29NO2S/c1-14(2)15-7-8-17(16(13-15)18(3,4)5)22(6,20)19-9-11-21-12-10-19/h7-8,13-14H,6,9-12H2,1-5H3. The molecule has 124 valence electrons. The molecule has 0 bridgehead atoms. The van der Waals surface area contributed by atoms with E-state index >= 15 is 0 Å². The summed E-state index contributed by atoms with van der Waals surface area (Å²) in [5.74, 6) is 4.57. The molecule has 22 heavy (non-hydrogen) atoms. The Hall–Kier alpha value is -0.840. The Balaban J connectivity index is 2.54. The average Bonchev–Trinajstić information content (AvgIpc) is 2.46. The lowest BCUT2D eigenvalue weighted by atomic mass is 9.85. The van der Waals surface area contributed by atoms with E-state index in [1.165, 1.54) is 5.56 Å². The van der Waals surface area contributed by atoms with Crippen molar-refractivity contribution in [1.29, 1.82) is 0 Å². The van der Waals surface area contributed by atoms with Crippen LogP contribution in [-0.2, 0) is 19.9 Å². The number of ether oxygens (including phenoxy) is 1. The van der Waals surface area contributed by atoms with Gasteiger partial charge in [-0.25, -0.2) is 8.51 Å². The molecule has 0 amide bonds. The van der Waals surface area contributed by atoms with Gasteiger partial charge >= 0.3 is 0 Å². The molecule has 1 aromatic rings. The molecule has 4 heteroatoms. The zero-order chi connectivity index (χ0) is 16.5. The number of hydrogen-bond donors (Lipinski definition) is 0. The van der Waals surface area contributed by atoms with Gasteiger partial charge in [0.25, 0.3) is 0 Å². The number of rotatable bonds is 3. The number of morpholine rings is 1. The first kappa shape index (κ1) is 17.5. The van der Waals surface area contributed by atoms with Crippen molar-refractivity contribution >= 4 is 15.6 Å². The fourth-order valence-corrected chi connectivity index (χ4v) is 4.76. The minimum atomic E-state index is -2.46. The predicted molar refractivity (Wildman–Crippen MR) is 95.2 cm³/mol. The highest BCUT2D eigenvalue weighted by molar-refractivity contribution is 7.98. The fraction of sp³-hybridized carbons (Fsp3) is 0.611. The summed E-state index contributed by atoms with van der Waals surface area (Å²) in [6, 6.07) is 6.34. The van der Waals surface area contributed by atoms with Crippen molar-refractivity contribution in [3.63, 3.8) is 0 Å². The van der Waals surface area contributed by atoms with Gasteiger partial charge in [-0.3, -0.25) is 0 Å². The largest absolute Gasteiger partial charge is 0.379 e. The number of nitrogens with zero attached hydrogens (tertiary/aromatic N) is 1. The predicted octanol–water partition coefficient (Wildman–Crippen LogP) is 3.43. The smallest absolute Gasteiger partial charge is 0.0604 e. The van der Waals surface area contributed by atoms with Gasteiger partial charge in [-0.15, -0.1) is 0 Å². The molecule has 1 atom stereocenters. The first-order chi connectivity index (χ1) is 10.1. The molecule has 0 radical (unpaired) electrons. The minimum absolute atomic E-state index is 0.0626. The van der Waals surface area contributed by atoms with Crippen LogP contribution in [0.3, 0.4) is 0 Å². The second-order valence-electron chi connectivity index (χ2n) is 7.34. The van der Waals surface area contributed by atoms with Crippen molar-refractivity contribution in [2.75, 3.05) is 26.3 Å². The molecule has 1 unspecified atom stereocenters. The molecule has 0 N–H and O–H groups in total. The summed E-state index contributed by atoms with van der Waals surface area (Å²) in [4.78, 5) is 0.881. The maximum Gasteiger partial charge on any atom is 0.0604 e. The van der Waals surface area contributed by atoms with Crippen molar-refractivity contribution < 1.29 is 8.95 Å². The van der Waals surface area contributed by atoms with Crippen LogP contribution in [0.4, 0.5) is 0 Å². The normalized spacial score (nSPS) is 20.1. The fourth-order valence-electron chi connectivity index (χ4n) is 2.75. The number of benzene rings is 1. The SMILES string of the molecule is C=S(=O)(c1ccc(C(C)C)cc1C(C)(C)C)N1CCOCC1. The third-order valence-electron chi connectivity index (χ3n) is 4.21. The maximum absolute atomic E-state index is 13.5. The molecule has 0 saturated carbocycles. The zero-order valence-corrected chi connectivity index (χ0v) is 15.3. The maximum atomic E-state index is 13.5. The van der Waals surface area contributed by atoms with E-state index in [-0.39, 0.29) is 5.41 Å². The number of hydrogen-bond acceptors (Lipinski definition) is 2. The van der Waals surface area contributed by atoms with Crippen LogP contribution in [0.1, 0.15) is 51.7 Å². The molecule has 1 aliphatic rings. The Morgan fingerprint density at radius 1 is 1.23 bits per heavy atom. The lowest BCUT2D eigenvalue weighted by molar-refractivity contribution is 0.0749. The van der Waals surface area contributed by atoms with Gasteiger partial charge < -0.3 is 4.74 Å². The molecular weight excluding hydrogens is 294 g/mol. The molecular formula is C18H29NO2S. The Morgan fingerprint density at radius 2 is 1.82 bits per heavy atom. The van der Waals surface area contributed by atoms with E-state index in [2.05, 4.69) is 52.6 Å². The van der Waals surface area contributed by atoms with Gasteiger partial charge in [0.15, 0.2) is 0 Å². The van der Waals surface area contributed by atoms with E-state index in [4.69, 9.17) is 4.74 Å². The molecule has 0 aliphatic carbocycles. The molecule has 0 spiro atoms. The Bertz CT molecular complexity index is 621. The highest BCUT2D eigenvalue weighted by Gasteiger charge is 2.28. The van der Waals surface area contributed by atoms with E-state index in [1.54, 1.807) is 0 Å². The molecule has 1 saturated heterocycles. The van der Waals surface area contributed by atoms with Crippen LogP contribution in [0.25, 0.3) is 0 Å². The summed E-state index contributed by atoms with van der Waals surface area (Å²) in [6.45, 7) is 13.5. The van der Waals surface area contributed by atoms with Gasteiger partial charge in [0, 0.05) is 18.0 Å². The van der Waals surface area contributed by atoms with Crippen molar-refractivity contribution in [1.82, 2.24) is 4.31 Å². The quantitative estimate of drug-likeness (QED) is 0.798. The lowest BCUT2D eigenvalue weighted by Crippen LogP contribution is -2.41. The second-order valence-corrected chi connectivity index (χ2v) is 9.58. The lowest BCUT2D eigenvalue weighted by Gasteiger charge is -2.33. The Morgan fingerprint density at radius 3 is 2.32 bits per heavy atom. The van der Waals surface area contributed by atoms with Gasteiger partial charge in [-0.1, -0.05) is 46.8 Å². The highest BCUT2D eigenvalue weighted by atomic mass is 32.2. The van der Waals surface area contributed by atoms with Gasteiger partial charge in [0.05, 0.1) is 22.9 Å². The molecule has 0 aromatic heterocycles. The topological polar surface area (TPSA) is 29.5 Å². The van der Waals surface area contributed by atoms with Crippen LogP contribution in [0.2, 0.25) is 0 Å². The highest BCUT2D eigenvalue weighted by Crippen LogP contribution is 2.33. The van der Waals surface area contributed by atoms with Crippen LogP contribution < -0.4 is 0 Å². The first-order valence-electron chi connectivity index (χ1n) is 7.98. The summed E-state index contributed by atoms with van der Waals surface area (Å²) < 4.78 is 20.8. The van der Waals surface area contributed by atoms with Crippen molar-refractivity contribution in [2.45, 2.75) is 50.8 Å². The molecule has 1 fully saturated rings. The monoisotopic (exact) mass is 323 g/mol. The van der Waals surface area contributed by atoms with Gasteiger partial charge in [0.2, 0.25) is 0 Å². The van der Waals surface area contributed by atoms with Crippen LogP contribution in [-0.4, -0.2) is 40.7 Å².